The monoisotopic (exact) mass is 415 g/mol. The third kappa shape index (κ3) is 3.85. The number of benzene rings is 2. The van der Waals surface area contributed by atoms with E-state index in [0.29, 0.717) is 0 Å². The lowest BCUT2D eigenvalue weighted by molar-refractivity contribution is 0.493. The first kappa shape index (κ1) is 16.0. The number of hydrogen-bond donors (Lipinski definition) is 1. The Morgan fingerprint density at radius 2 is 1.60 bits per heavy atom. The Bertz CT molecular complexity index is 601. The average molecular weight is 418 g/mol. The zero-order valence-electron chi connectivity index (χ0n) is 11.3. The van der Waals surface area contributed by atoms with Gasteiger partial charge in [-0.25, -0.2) is 0 Å². The van der Waals surface area contributed by atoms with Gasteiger partial charge in [0.15, 0.2) is 0 Å². The maximum atomic E-state index is 6.25. The summed E-state index contributed by atoms with van der Waals surface area (Å²) in [5, 5.41) is 4.38. The van der Waals surface area contributed by atoms with E-state index >= 15 is 0 Å². The largest absolute Gasteiger partial charge is 0.304 e. The van der Waals surface area contributed by atoms with Gasteiger partial charge in [0.1, 0.15) is 0 Å². The highest BCUT2D eigenvalue weighted by Gasteiger charge is 2.15. The Hall–Kier alpha value is -0.350. The first-order chi connectivity index (χ1) is 9.49. The van der Waals surface area contributed by atoms with Crippen LogP contribution in [0.25, 0.3) is 0 Å². The molecule has 0 saturated heterocycles. The molecule has 4 heteroatoms. The summed E-state index contributed by atoms with van der Waals surface area (Å²) in [6.07, 6.45) is 0. The van der Waals surface area contributed by atoms with Crippen molar-refractivity contribution in [2.24, 2.45) is 0 Å². The lowest BCUT2D eigenvalue weighted by atomic mass is 10.0. The highest BCUT2D eigenvalue weighted by Crippen LogP contribution is 2.29. The Kier molecular flexibility index (Phi) is 5.67. The molecule has 0 spiro atoms. The van der Waals surface area contributed by atoms with Crippen molar-refractivity contribution in [1.29, 1.82) is 0 Å². The van der Waals surface area contributed by atoms with E-state index in [9.17, 15) is 0 Å². The van der Waals surface area contributed by atoms with E-state index in [-0.39, 0.29) is 12.1 Å². The molecule has 2 aromatic carbocycles. The first-order valence-electron chi connectivity index (χ1n) is 6.44. The first-order valence-corrected chi connectivity index (χ1v) is 8.41. The minimum atomic E-state index is 0.189. The second-order valence-electron chi connectivity index (χ2n) is 4.80. The summed E-state index contributed by atoms with van der Waals surface area (Å²) in [7, 11) is 0. The van der Waals surface area contributed by atoms with Crippen LogP contribution < -0.4 is 5.32 Å². The molecule has 1 nitrogen and oxygen atoms in total. The smallest absolute Gasteiger partial charge is 0.0453 e. The molecule has 0 aliphatic rings. The summed E-state index contributed by atoms with van der Waals surface area (Å²) in [6, 6.07) is 14.6. The zero-order chi connectivity index (χ0) is 14.7. The average Bonchev–Trinajstić information content (AvgIpc) is 2.38. The minimum absolute atomic E-state index is 0.189. The quantitative estimate of drug-likeness (QED) is 0.618. The molecule has 0 bridgehead atoms. The molecule has 0 heterocycles. The van der Waals surface area contributed by atoms with Crippen LogP contribution in [0.1, 0.15) is 37.1 Å². The number of rotatable bonds is 4. The molecular weight excluding hydrogens is 401 g/mol. The van der Waals surface area contributed by atoms with Gasteiger partial charge in [-0.15, -0.1) is 0 Å². The van der Waals surface area contributed by atoms with Crippen molar-refractivity contribution < 1.29 is 0 Å². The summed E-state index contributed by atoms with van der Waals surface area (Å²) < 4.78 is 2.16. The Labute approximate surface area is 142 Å². The molecule has 0 aliphatic carbocycles. The molecule has 20 heavy (non-hydrogen) atoms. The van der Waals surface area contributed by atoms with Crippen molar-refractivity contribution >= 4 is 43.5 Å². The van der Waals surface area contributed by atoms with Gasteiger partial charge in [0, 0.05) is 26.1 Å². The maximum absolute atomic E-state index is 6.25. The lowest BCUT2D eigenvalue weighted by Gasteiger charge is -2.22. The van der Waals surface area contributed by atoms with Crippen LogP contribution in [0, 0.1) is 0 Å². The molecule has 1 N–H and O–H groups in total. The standard InChI is InChI=1S/C16H16Br2ClN/c1-10(13-8-7-12(17)9-15(13)18)20-11(2)14-5-3-4-6-16(14)19/h3-11,20H,1-2H3. The second-order valence-corrected chi connectivity index (χ2v) is 6.97. The molecule has 2 aromatic rings. The Balaban J connectivity index is 2.15. The lowest BCUT2D eigenvalue weighted by Crippen LogP contribution is -2.23. The third-order valence-corrected chi connectivity index (χ3v) is 4.82. The fourth-order valence-electron chi connectivity index (χ4n) is 2.23. The van der Waals surface area contributed by atoms with E-state index in [1.165, 1.54) is 5.56 Å². The summed E-state index contributed by atoms with van der Waals surface area (Å²) in [5.41, 5.74) is 2.35. The van der Waals surface area contributed by atoms with Gasteiger partial charge in [-0.1, -0.05) is 67.7 Å². The predicted molar refractivity (Wildman–Crippen MR) is 93.3 cm³/mol. The highest BCUT2D eigenvalue weighted by atomic mass is 79.9. The van der Waals surface area contributed by atoms with Crippen LogP contribution in [-0.4, -0.2) is 0 Å². The maximum Gasteiger partial charge on any atom is 0.0453 e. The van der Waals surface area contributed by atoms with Crippen LogP contribution >= 0.6 is 43.5 Å². The fraction of sp³-hybridized carbons (Fsp3) is 0.250. The minimum Gasteiger partial charge on any atom is -0.304 e. The van der Waals surface area contributed by atoms with Gasteiger partial charge in [0.05, 0.1) is 0 Å². The van der Waals surface area contributed by atoms with Gasteiger partial charge in [-0.3, -0.25) is 0 Å². The van der Waals surface area contributed by atoms with Gasteiger partial charge in [0.2, 0.25) is 0 Å². The normalized spacial score (nSPS) is 14.1. The van der Waals surface area contributed by atoms with Crippen molar-refractivity contribution in [3.05, 3.63) is 67.6 Å². The van der Waals surface area contributed by atoms with Gasteiger partial charge >= 0.3 is 0 Å². The number of halogens is 3. The Morgan fingerprint density at radius 3 is 2.25 bits per heavy atom. The van der Waals surface area contributed by atoms with E-state index in [1.807, 2.05) is 18.2 Å². The SMILES string of the molecule is CC(NC(C)c1ccc(Br)cc1Br)c1ccccc1Cl. The molecule has 0 radical (unpaired) electrons. The van der Waals surface area contributed by atoms with Crippen LogP contribution in [0.2, 0.25) is 5.02 Å². The number of nitrogens with one attached hydrogen (secondary N) is 1. The van der Waals surface area contributed by atoms with Crippen molar-refractivity contribution in [3.63, 3.8) is 0 Å². The van der Waals surface area contributed by atoms with Gasteiger partial charge in [0.25, 0.3) is 0 Å². The van der Waals surface area contributed by atoms with Gasteiger partial charge in [-0.2, -0.15) is 0 Å². The van der Waals surface area contributed by atoms with Crippen LogP contribution in [0.4, 0.5) is 0 Å². The van der Waals surface area contributed by atoms with Gasteiger partial charge in [-0.05, 0) is 43.2 Å². The molecule has 0 aromatic heterocycles. The van der Waals surface area contributed by atoms with E-state index in [4.69, 9.17) is 11.6 Å². The Morgan fingerprint density at radius 1 is 0.950 bits per heavy atom. The highest BCUT2D eigenvalue weighted by molar-refractivity contribution is 9.11. The van der Waals surface area contributed by atoms with E-state index in [0.717, 1.165) is 19.5 Å². The molecule has 0 aliphatic heterocycles. The molecular formula is C16H16Br2ClN. The van der Waals surface area contributed by atoms with Crippen LogP contribution in [-0.2, 0) is 0 Å². The molecule has 0 saturated carbocycles. The zero-order valence-corrected chi connectivity index (χ0v) is 15.3. The van der Waals surface area contributed by atoms with E-state index < -0.39 is 0 Å². The summed E-state index contributed by atoms with van der Waals surface area (Å²) in [6.45, 7) is 4.28. The molecule has 0 amide bonds. The molecule has 2 rings (SSSR count). The molecule has 0 fully saturated rings. The third-order valence-electron chi connectivity index (χ3n) is 3.30. The summed E-state index contributed by atoms with van der Waals surface area (Å²) in [5.74, 6) is 0. The topological polar surface area (TPSA) is 12.0 Å². The fourth-order valence-corrected chi connectivity index (χ4v) is 3.92. The second kappa shape index (κ2) is 7.08. The summed E-state index contributed by atoms with van der Waals surface area (Å²) in [4.78, 5) is 0. The summed E-state index contributed by atoms with van der Waals surface area (Å²) >= 11 is 13.3. The van der Waals surface area contributed by atoms with Crippen molar-refractivity contribution in [3.8, 4) is 0 Å². The van der Waals surface area contributed by atoms with Crippen molar-refractivity contribution in [2.45, 2.75) is 25.9 Å². The number of hydrogen-bond acceptors (Lipinski definition) is 1. The molecule has 2 unspecified atom stereocenters. The molecule has 2 atom stereocenters. The van der Waals surface area contributed by atoms with E-state index in [2.05, 4.69) is 75.3 Å². The molecule has 106 valence electrons. The predicted octanol–water partition coefficient (Wildman–Crippen LogP) is 6.28. The van der Waals surface area contributed by atoms with Crippen LogP contribution in [0.5, 0.6) is 0 Å². The van der Waals surface area contributed by atoms with Crippen molar-refractivity contribution in [2.75, 3.05) is 0 Å². The van der Waals surface area contributed by atoms with Crippen LogP contribution in [0.15, 0.2) is 51.4 Å². The van der Waals surface area contributed by atoms with Crippen molar-refractivity contribution in [1.82, 2.24) is 5.32 Å². The van der Waals surface area contributed by atoms with Gasteiger partial charge < -0.3 is 5.32 Å². The van der Waals surface area contributed by atoms with Crippen LogP contribution in [0.3, 0.4) is 0 Å². The van der Waals surface area contributed by atoms with E-state index in [1.54, 1.807) is 0 Å².